The van der Waals surface area contributed by atoms with E-state index in [1.54, 1.807) is 21.3 Å². The average Bonchev–Trinajstić information content (AvgIpc) is 2.80. The first-order chi connectivity index (χ1) is 14.7. The highest BCUT2D eigenvalue weighted by Gasteiger charge is 2.13. The van der Waals surface area contributed by atoms with Gasteiger partial charge in [-0.15, -0.1) is 0 Å². The zero-order valence-electron chi connectivity index (χ0n) is 18.6. The highest BCUT2D eigenvalue weighted by atomic mass is 16.5. The Kier molecular flexibility index (Phi) is 11.8. The lowest BCUT2D eigenvalue weighted by molar-refractivity contribution is 0.0203. The molecule has 0 amide bonds. The Morgan fingerprint density at radius 3 is 2.17 bits per heavy atom. The average molecular weight is 424 g/mol. The number of nitrogens with zero attached hydrogens (tertiary/aromatic N) is 1. The third-order valence-electron chi connectivity index (χ3n) is 4.88. The molecule has 1 aromatic rings. The van der Waals surface area contributed by atoms with Crippen molar-refractivity contribution in [2.24, 2.45) is 10.9 Å². The Morgan fingerprint density at radius 2 is 1.57 bits per heavy atom. The Balaban J connectivity index is 1.51. The van der Waals surface area contributed by atoms with E-state index in [1.165, 1.54) is 0 Å². The van der Waals surface area contributed by atoms with E-state index in [2.05, 4.69) is 15.6 Å². The number of methoxy groups -OCH3 is 2. The molecule has 1 aliphatic heterocycles. The van der Waals surface area contributed by atoms with Gasteiger partial charge in [0.25, 0.3) is 0 Å². The molecule has 0 bridgehead atoms. The first-order valence-corrected chi connectivity index (χ1v) is 10.7. The van der Waals surface area contributed by atoms with Gasteiger partial charge in [-0.05, 0) is 31.6 Å². The van der Waals surface area contributed by atoms with Gasteiger partial charge in [0.2, 0.25) is 0 Å². The van der Waals surface area contributed by atoms with Crippen molar-refractivity contribution in [3.63, 3.8) is 0 Å². The predicted molar refractivity (Wildman–Crippen MR) is 118 cm³/mol. The zero-order valence-corrected chi connectivity index (χ0v) is 18.6. The SMILES string of the molecule is CN=C(NCCCOCC1CCOCC1)NCCCOc1cc(OC)cc(OC)c1. The summed E-state index contributed by atoms with van der Waals surface area (Å²) in [7, 11) is 5.02. The first-order valence-electron chi connectivity index (χ1n) is 10.7. The van der Waals surface area contributed by atoms with E-state index in [1.807, 2.05) is 18.2 Å². The van der Waals surface area contributed by atoms with Gasteiger partial charge in [0, 0.05) is 64.8 Å². The molecule has 0 spiro atoms. The van der Waals surface area contributed by atoms with Crippen LogP contribution in [0, 0.1) is 5.92 Å². The van der Waals surface area contributed by atoms with Crippen LogP contribution in [-0.2, 0) is 9.47 Å². The Hall–Kier alpha value is -2.19. The van der Waals surface area contributed by atoms with E-state index in [4.69, 9.17) is 23.7 Å². The second-order valence-electron chi connectivity index (χ2n) is 7.16. The van der Waals surface area contributed by atoms with Gasteiger partial charge in [0.15, 0.2) is 5.96 Å². The smallest absolute Gasteiger partial charge is 0.190 e. The fraction of sp³-hybridized carbons (Fsp3) is 0.682. The van der Waals surface area contributed by atoms with E-state index in [0.717, 1.165) is 76.9 Å². The number of guanidine groups is 1. The number of rotatable bonds is 13. The Morgan fingerprint density at radius 1 is 0.967 bits per heavy atom. The molecule has 1 heterocycles. The summed E-state index contributed by atoms with van der Waals surface area (Å²) in [6, 6.07) is 5.52. The van der Waals surface area contributed by atoms with Crippen LogP contribution in [0.2, 0.25) is 0 Å². The maximum atomic E-state index is 5.80. The van der Waals surface area contributed by atoms with E-state index >= 15 is 0 Å². The largest absolute Gasteiger partial charge is 0.496 e. The summed E-state index contributed by atoms with van der Waals surface area (Å²) < 4.78 is 27.5. The van der Waals surface area contributed by atoms with Crippen molar-refractivity contribution in [2.75, 3.05) is 67.4 Å². The normalized spacial score (nSPS) is 15.0. The van der Waals surface area contributed by atoms with Crippen molar-refractivity contribution < 1.29 is 23.7 Å². The zero-order chi connectivity index (χ0) is 21.4. The molecule has 1 aromatic carbocycles. The highest BCUT2D eigenvalue weighted by molar-refractivity contribution is 5.79. The van der Waals surface area contributed by atoms with Crippen LogP contribution >= 0.6 is 0 Å². The Labute approximate surface area is 180 Å². The molecule has 0 saturated carbocycles. The third-order valence-corrected chi connectivity index (χ3v) is 4.88. The van der Waals surface area contributed by atoms with Gasteiger partial charge >= 0.3 is 0 Å². The number of ether oxygens (including phenoxy) is 5. The summed E-state index contributed by atoms with van der Waals surface area (Å²) in [6.45, 7) is 5.52. The molecule has 0 aliphatic carbocycles. The maximum Gasteiger partial charge on any atom is 0.190 e. The molecule has 0 atom stereocenters. The minimum absolute atomic E-state index is 0.584. The van der Waals surface area contributed by atoms with Crippen molar-refractivity contribution in [1.82, 2.24) is 10.6 Å². The summed E-state index contributed by atoms with van der Waals surface area (Å²) in [5.74, 6) is 3.60. The first kappa shape index (κ1) is 24.1. The second kappa shape index (κ2) is 14.7. The summed E-state index contributed by atoms with van der Waals surface area (Å²) >= 11 is 0. The standard InChI is InChI=1S/C22H37N3O5/c1-23-22(24-8-4-10-29-17-18-6-12-28-13-7-18)25-9-5-11-30-21-15-19(26-2)14-20(16-21)27-3/h14-16,18H,4-13,17H2,1-3H3,(H2,23,24,25). The highest BCUT2D eigenvalue weighted by Crippen LogP contribution is 2.27. The van der Waals surface area contributed by atoms with Gasteiger partial charge in [-0.3, -0.25) is 4.99 Å². The van der Waals surface area contributed by atoms with Crippen molar-refractivity contribution >= 4 is 5.96 Å². The predicted octanol–water partition coefficient (Wildman–Crippen LogP) is 2.47. The molecule has 30 heavy (non-hydrogen) atoms. The summed E-state index contributed by atoms with van der Waals surface area (Å²) in [5.41, 5.74) is 0. The molecule has 1 fully saturated rings. The van der Waals surface area contributed by atoms with Crippen molar-refractivity contribution in [2.45, 2.75) is 25.7 Å². The van der Waals surface area contributed by atoms with Crippen LogP contribution in [-0.4, -0.2) is 73.4 Å². The van der Waals surface area contributed by atoms with Crippen LogP contribution in [0.4, 0.5) is 0 Å². The minimum Gasteiger partial charge on any atom is -0.496 e. The van der Waals surface area contributed by atoms with Gasteiger partial charge in [-0.25, -0.2) is 0 Å². The molecule has 8 nitrogen and oxygen atoms in total. The Bertz CT molecular complexity index is 599. The summed E-state index contributed by atoms with van der Waals surface area (Å²) in [5, 5.41) is 6.61. The van der Waals surface area contributed by atoms with Crippen molar-refractivity contribution in [1.29, 1.82) is 0 Å². The fourth-order valence-corrected chi connectivity index (χ4v) is 3.10. The number of hydrogen-bond donors (Lipinski definition) is 2. The number of aliphatic imine (C=N–C) groups is 1. The molecule has 1 aliphatic rings. The molecule has 0 aromatic heterocycles. The number of nitrogens with one attached hydrogen (secondary N) is 2. The fourth-order valence-electron chi connectivity index (χ4n) is 3.10. The molecular weight excluding hydrogens is 386 g/mol. The van der Waals surface area contributed by atoms with Crippen LogP contribution < -0.4 is 24.8 Å². The second-order valence-corrected chi connectivity index (χ2v) is 7.16. The number of benzene rings is 1. The topological polar surface area (TPSA) is 82.6 Å². The van der Waals surface area contributed by atoms with Gasteiger partial charge in [0.1, 0.15) is 17.2 Å². The van der Waals surface area contributed by atoms with Gasteiger partial charge in [-0.2, -0.15) is 0 Å². The maximum absolute atomic E-state index is 5.80. The lowest BCUT2D eigenvalue weighted by atomic mass is 10.0. The van der Waals surface area contributed by atoms with Crippen molar-refractivity contribution in [3.05, 3.63) is 18.2 Å². The van der Waals surface area contributed by atoms with Crippen LogP contribution in [0.5, 0.6) is 17.2 Å². The van der Waals surface area contributed by atoms with E-state index in [9.17, 15) is 0 Å². The molecule has 1 saturated heterocycles. The molecule has 2 rings (SSSR count). The van der Waals surface area contributed by atoms with Gasteiger partial charge < -0.3 is 34.3 Å². The van der Waals surface area contributed by atoms with Crippen LogP contribution in [0.1, 0.15) is 25.7 Å². The third kappa shape index (κ3) is 9.54. The lowest BCUT2D eigenvalue weighted by Gasteiger charge is -2.21. The summed E-state index contributed by atoms with van der Waals surface area (Å²) in [4.78, 5) is 4.25. The summed E-state index contributed by atoms with van der Waals surface area (Å²) in [6.07, 6.45) is 4.02. The van der Waals surface area contributed by atoms with E-state index < -0.39 is 0 Å². The quantitative estimate of drug-likeness (QED) is 0.286. The van der Waals surface area contributed by atoms with Gasteiger partial charge in [-0.1, -0.05) is 0 Å². The molecule has 0 unspecified atom stereocenters. The van der Waals surface area contributed by atoms with Crippen LogP contribution in [0.25, 0.3) is 0 Å². The molecule has 0 radical (unpaired) electrons. The molecule has 2 N–H and O–H groups in total. The molecule has 170 valence electrons. The monoisotopic (exact) mass is 423 g/mol. The van der Waals surface area contributed by atoms with Gasteiger partial charge in [0.05, 0.1) is 20.8 Å². The van der Waals surface area contributed by atoms with E-state index in [-0.39, 0.29) is 0 Å². The van der Waals surface area contributed by atoms with Crippen molar-refractivity contribution in [3.8, 4) is 17.2 Å². The van der Waals surface area contributed by atoms with Crippen LogP contribution in [0.3, 0.4) is 0 Å². The van der Waals surface area contributed by atoms with Crippen LogP contribution in [0.15, 0.2) is 23.2 Å². The van der Waals surface area contributed by atoms with E-state index in [0.29, 0.717) is 24.0 Å². The number of hydrogen-bond acceptors (Lipinski definition) is 6. The lowest BCUT2D eigenvalue weighted by Crippen LogP contribution is -2.38. The minimum atomic E-state index is 0.584. The molecule has 8 heteroatoms. The molecular formula is C22H37N3O5.